The lowest BCUT2D eigenvalue weighted by atomic mass is 9.91. The van der Waals surface area contributed by atoms with Crippen LogP contribution in [-0.4, -0.2) is 40.5 Å². The van der Waals surface area contributed by atoms with Gasteiger partial charge < -0.3 is 14.5 Å². The first-order valence-corrected chi connectivity index (χ1v) is 6.38. The van der Waals surface area contributed by atoms with Crippen molar-refractivity contribution < 1.29 is 14.4 Å². The molecule has 2 rings (SSSR count). The van der Waals surface area contributed by atoms with Gasteiger partial charge in [0.05, 0.1) is 6.54 Å². The third-order valence-electron chi connectivity index (χ3n) is 3.40. The number of hydrogen-bond donors (Lipinski definition) is 1. The minimum Gasteiger partial charge on any atom is -0.371 e. The largest absolute Gasteiger partial charge is 0.371 e. The van der Waals surface area contributed by atoms with Crippen molar-refractivity contribution in [2.45, 2.75) is 25.5 Å². The minimum absolute atomic E-state index is 0.220. The molecule has 6 nitrogen and oxygen atoms in total. The molecule has 1 unspecified atom stereocenters. The molecule has 1 aromatic heterocycles. The molecule has 0 saturated carbocycles. The fourth-order valence-electron chi connectivity index (χ4n) is 1.98. The molecule has 6 heteroatoms. The Morgan fingerprint density at radius 2 is 2.30 bits per heavy atom. The number of hydrogen-bond acceptors (Lipinski definition) is 4. The number of amides is 2. The average Bonchev–Trinajstić information content (AvgIpc) is 2.97. The Labute approximate surface area is 118 Å². The highest BCUT2D eigenvalue weighted by Crippen LogP contribution is 2.30. The predicted molar refractivity (Wildman–Crippen MR) is 75.4 cm³/mol. The van der Waals surface area contributed by atoms with Gasteiger partial charge in [-0.3, -0.25) is 0 Å². The van der Waals surface area contributed by atoms with Gasteiger partial charge in [-0.25, -0.2) is 9.69 Å². The molecule has 0 aliphatic carbocycles. The van der Waals surface area contributed by atoms with E-state index in [1.54, 1.807) is 18.2 Å². The Hall–Kier alpha value is -2.08. The van der Waals surface area contributed by atoms with Crippen molar-refractivity contribution in [1.82, 2.24) is 10.1 Å². The highest BCUT2D eigenvalue weighted by molar-refractivity contribution is 5.93. The Morgan fingerprint density at radius 1 is 1.60 bits per heavy atom. The summed E-state index contributed by atoms with van der Waals surface area (Å²) in [5.41, 5.74) is -0.389. The zero-order valence-electron chi connectivity index (χ0n) is 11.7. The second-order valence-electron chi connectivity index (χ2n) is 5.30. The molecule has 0 aromatic carbocycles. The van der Waals surface area contributed by atoms with E-state index in [9.17, 15) is 9.90 Å². The molecule has 1 aromatic rings. The normalized spacial score (nSPS) is 19.6. The van der Waals surface area contributed by atoms with Crippen LogP contribution in [0.25, 0.3) is 0 Å². The number of carbonyl (C=O) groups is 1. The van der Waals surface area contributed by atoms with Crippen LogP contribution in [0.3, 0.4) is 0 Å². The van der Waals surface area contributed by atoms with Gasteiger partial charge in [0.2, 0.25) is 0 Å². The van der Waals surface area contributed by atoms with Crippen molar-refractivity contribution in [3.8, 4) is 0 Å². The fourth-order valence-corrected chi connectivity index (χ4v) is 1.98. The standard InChI is InChI=1S/C14H19N3O3/c1-5-7-16-9-12(18)17(13(16)19)11-8-10(20-15-11)14(3,4)6-2/h5-6,8,12,18H,1-2,7,9H2,3-4H3. The van der Waals surface area contributed by atoms with E-state index in [4.69, 9.17) is 4.52 Å². The molecule has 0 bridgehead atoms. The third kappa shape index (κ3) is 2.34. The van der Waals surface area contributed by atoms with Crippen LogP contribution in [0.1, 0.15) is 19.6 Å². The lowest BCUT2D eigenvalue weighted by Gasteiger charge is -2.16. The molecule has 1 saturated heterocycles. The summed E-state index contributed by atoms with van der Waals surface area (Å²) in [5.74, 6) is 0.892. The highest BCUT2D eigenvalue weighted by Gasteiger charge is 2.38. The summed E-state index contributed by atoms with van der Waals surface area (Å²) >= 11 is 0. The van der Waals surface area contributed by atoms with Gasteiger partial charge in [0.25, 0.3) is 0 Å². The van der Waals surface area contributed by atoms with E-state index in [1.807, 2.05) is 13.8 Å². The van der Waals surface area contributed by atoms with Crippen molar-refractivity contribution in [3.05, 3.63) is 37.1 Å². The van der Waals surface area contributed by atoms with Crippen molar-refractivity contribution in [2.24, 2.45) is 0 Å². The van der Waals surface area contributed by atoms with Crippen molar-refractivity contribution in [3.63, 3.8) is 0 Å². The zero-order valence-corrected chi connectivity index (χ0v) is 11.7. The SMILES string of the molecule is C=CCN1CC(O)N(c2cc(C(C)(C)C=C)on2)C1=O. The lowest BCUT2D eigenvalue weighted by molar-refractivity contribution is 0.179. The summed E-state index contributed by atoms with van der Waals surface area (Å²) in [5, 5.41) is 13.9. The Morgan fingerprint density at radius 3 is 2.90 bits per heavy atom. The van der Waals surface area contributed by atoms with Crippen LogP contribution < -0.4 is 4.90 Å². The zero-order chi connectivity index (χ0) is 14.9. The Kier molecular flexibility index (Phi) is 3.67. The number of aliphatic hydroxyl groups excluding tert-OH is 1. The number of allylic oxidation sites excluding steroid dienone is 1. The summed E-state index contributed by atoms with van der Waals surface area (Å²) in [6, 6.07) is 1.34. The van der Waals surface area contributed by atoms with E-state index >= 15 is 0 Å². The monoisotopic (exact) mass is 277 g/mol. The van der Waals surface area contributed by atoms with Crippen LogP contribution in [0.4, 0.5) is 10.6 Å². The lowest BCUT2D eigenvalue weighted by Crippen LogP contribution is -2.35. The van der Waals surface area contributed by atoms with Gasteiger partial charge in [-0.2, -0.15) is 0 Å². The van der Waals surface area contributed by atoms with Crippen LogP contribution in [-0.2, 0) is 5.41 Å². The summed E-state index contributed by atoms with van der Waals surface area (Å²) in [6.45, 7) is 11.8. The number of β-amino-alcohol motifs (C(OH)–C–C–N with tert-alkyl or cyclic N) is 1. The van der Waals surface area contributed by atoms with Crippen molar-refractivity contribution in [1.29, 1.82) is 0 Å². The van der Waals surface area contributed by atoms with E-state index in [-0.39, 0.29) is 18.0 Å². The number of carbonyl (C=O) groups excluding carboxylic acids is 1. The summed E-state index contributed by atoms with van der Waals surface area (Å²) in [4.78, 5) is 14.9. The van der Waals surface area contributed by atoms with Gasteiger partial charge in [-0.1, -0.05) is 17.3 Å². The number of rotatable bonds is 5. The predicted octanol–water partition coefficient (Wildman–Crippen LogP) is 1.88. The molecule has 2 heterocycles. The topological polar surface area (TPSA) is 69.8 Å². The molecule has 108 valence electrons. The molecular formula is C14H19N3O3. The number of anilines is 1. The maximum absolute atomic E-state index is 12.2. The molecule has 2 amide bonds. The molecule has 1 fully saturated rings. The van der Waals surface area contributed by atoms with Gasteiger partial charge in [-0.05, 0) is 13.8 Å². The average molecular weight is 277 g/mol. The van der Waals surface area contributed by atoms with E-state index in [2.05, 4.69) is 18.3 Å². The van der Waals surface area contributed by atoms with E-state index in [0.717, 1.165) is 0 Å². The summed E-state index contributed by atoms with van der Waals surface area (Å²) in [7, 11) is 0. The van der Waals surface area contributed by atoms with Crippen molar-refractivity contribution in [2.75, 3.05) is 18.0 Å². The molecular weight excluding hydrogens is 258 g/mol. The van der Waals surface area contributed by atoms with E-state index in [1.165, 1.54) is 9.80 Å². The van der Waals surface area contributed by atoms with Gasteiger partial charge in [0, 0.05) is 18.0 Å². The van der Waals surface area contributed by atoms with Gasteiger partial charge in [-0.15, -0.1) is 13.2 Å². The number of nitrogens with zero attached hydrogens (tertiary/aromatic N) is 3. The van der Waals surface area contributed by atoms with Gasteiger partial charge in [0.1, 0.15) is 5.76 Å². The minimum atomic E-state index is -0.938. The van der Waals surface area contributed by atoms with Crippen molar-refractivity contribution >= 4 is 11.8 Å². The van der Waals surface area contributed by atoms with Crippen LogP contribution >= 0.6 is 0 Å². The second-order valence-corrected chi connectivity index (χ2v) is 5.30. The number of aromatic nitrogens is 1. The molecule has 1 N–H and O–H groups in total. The van der Waals surface area contributed by atoms with Crippen LogP contribution in [0, 0.1) is 0 Å². The maximum atomic E-state index is 12.2. The van der Waals surface area contributed by atoms with Gasteiger partial charge >= 0.3 is 6.03 Å². The quantitative estimate of drug-likeness (QED) is 0.834. The molecule has 1 aliphatic heterocycles. The van der Waals surface area contributed by atoms with E-state index < -0.39 is 6.23 Å². The number of urea groups is 1. The first-order valence-electron chi connectivity index (χ1n) is 6.38. The van der Waals surface area contributed by atoms with Crippen LogP contribution in [0.15, 0.2) is 35.9 Å². The summed E-state index contributed by atoms with van der Waals surface area (Å²) < 4.78 is 5.26. The molecule has 0 spiro atoms. The molecule has 1 atom stereocenters. The maximum Gasteiger partial charge on any atom is 0.328 e. The first-order chi connectivity index (χ1) is 9.40. The Bertz CT molecular complexity index is 536. The smallest absolute Gasteiger partial charge is 0.328 e. The first kappa shape index (κ1) is 14.3. The third-order valence-corrected chi connectivity index (χ3v) is 3.40. The van der Waals surface area contributed by atoms with E-state index in [0.29, 0.717) is 18.1 Å². The molecule has 1 aliphatic rings. The summed E-state index contributed by atoms with van der Waals surface area (Å²) in [6.07, 6.45) is 2.42. The molecule has 20 heavy (non-hydrogen) atoms. The second kappa shape index (κ2) is 5.13. The Balaban J connectivity index is 2.26. The molecule has 0 radical (unpaired) electrons. The number of aliphatic hydroxyl groups is 1. The highest BCUT2D eigenvalue weighted by atomic mass is 16.5. The van der Waals surface area contributed by atoms with Crippen LogP contribution in [0.2, 0.25) is 0 Å². The van der Waals surface area contributed by atoms with Gasteiger partial charge in [0.15, 0.2) is 12.0 Å². The van der Waals surface area contributed by atoms with Crippen LogP contribution in [0.5, 0.6) is 0 Å². The fraction of sp³-hybridized carbons (Fsp3) is 0.429.